The molecule has 3 rings (SSSR count). The molecule has 0 aliphatic heterocycles. The summed E-state index contributed by atoms with van der Waals surface area (Å²) >= 11 is 0. The molecule has 0 saturated heterocycles. The van der Waals surface area contributed by atoms with E-state index in [-0.39, 0.29) is 5.91 Å². The summed E-state index contributed by atoms with van der Waals surface area (Å²) in [5.41, 5.74) is 2.71. The van der Waals surface area contributed by atoms with E-state index >= 15 is 0 Å². The van der Waals surface area contributed by atoms with Gasteiger partial charge in [0.2, 0.25) is 0 Å². The van der Waals surface area contributed by atoms with Crippen LogP contribution < -0.4 is 0 Å². The molecule has 2 aromatic heterocycles. The van der Waals surface area contributed by atoms with Gasteiger partial charge >= 0.3 is 0 Å². The number of benzene rings is 1. The Morgan fingerprint density at radius 2 is 2.15 bits per heavy atom. The molecule has 0 radical (unpaired) electrons. The number of H-pyrrole nitrogens is 1. The molecule has 3 aromatic rings. The van der Waals surface area contributed by atoms with Gasteiger partial charge in [0.05, 0.1) is 0 Å². The number of carbonyl (C=O) groups is 1. The molecule has 0 saturated carbocycles. The van der Waals surface area contributed by atoms with E-state index in [4.69, 9.17) is 0 Å². The molecular weight excluding hydrogens is 250 g/mol. The zero-order valence-electron chi connectivity index (χ0n) is 11.2. The number of hydrogen-bond acceptors (Lipinski definition) is 2. The van der Waals surface area contributed by atoms with Gasteiger partial charge in [0, 0.05) is 48.6 Å². The fourth-order valence-corrected chi connectivity index (χ4v) is 2.31. The van der Waals surface area contributed by atoms with Gasteiger partial charge in [-0.15, -0.1) is 0 Å². The Morgan fingerprint density at radius 1 is 1.25 bits per heavy atom. The monoisotopic (exact) mass is 265 g/mol. The van der Waals surface area contributed by atoms with Gasteiger partial charge in [-0.2, -0.15) is 0 Å². The SMILES string of the molecule is CN(Cc1cccnc1)C(=O)c1cccc2[nH]ccc12. The number of carbonyl (C=O) groups excluding carboxylic acids is 1. The molecule has 0 unspecified atom stereocenters. The maximum absolute atomic E-state index is 12.6. The van der Waals surface area contributed by atoms with Crippen LogP contribution in [0.3, 0.4) is 0 Å². The number of rotatable bonds is 3. The first-order valence-corrected chi connectivity index (χ1v) is 6.46. The third kappa shape index (κ3) is 2.28. The predicted molar refractivity (Wildman–Crippen MR) is 78.3 cm³/mol. The van der Waals surface area contributed by atoms with E-state index in [1.54, 1.807) is 24.3 Å². The van der Waals surface area contributed by atoms with Crippen molar-refractivity contribution in [1.82, 2.24) is 14.9 Å². The Bertz CT molecular complexity index is 734. The van der Waals surface area contributed by atoms with Crippen LogP contribution in [0.4, 0.5) is 0 Å². The lowest BCUT2D eigenvalue weighted by atomic mass is 10.1. The Labute approximate surface area is 117 Å². The highest BCUT2D eigenvalue weighted by Crippen LogP contribution is 2.19. The van der Waals surface area contributed by atoms with Crippen LogP contribution in [0.15, 0.2) is 55.0 Å². The molecule has 1 amide bonds. The average Bonchev–Trinajstić information content (AvgIpc) is 2.96. The van der Waals surface area contributed by atoms with Crippen LogP contribution in [0.5, 0.6) is 0 Å². The topological polar surface area (TPSA) is 49.0 Å². The number of nitrogens with zero attached hydrogens (tertiary/aromatic N) is 2. The van der Waals surface area contributed by atoms with E-state index in [9.17, 15) is 4.79 Å². The Balaban J connectivity index is 1.87. The molecule has 1 N–H and O–H groups in total. The Kier molecular flexibility index (Phi) is 3.21. The Morgan fingerprint density at radius 3 is 2.95 bits per heavy atom. The summed E-state index contributed by atoms with van der Waals surface area (Å²) in [6, 6.07) is 11.5. The molecule has 0 atom stereocenters. The van der Waals surface area contributed by atoms with E-state index in [1.807, 2.05) is 42.6 Å². The van der Waals surface area contributed by atoms with Gasteiger partial charge in [-0.1, -0.05) is 12.1 Å². The molecule has 4 nitrogen and oxygen atoms in total. The summed E-state index contributed by atoms with van der Waals surface area (Å²) in [6.07, 6.45) is 5.36. The fraction of sp³-hybridized carbons (Fsp3) is 0.125. The summed E-state index contributed by atoms with van der Waals surface area (Å²) in [7, 11) is 1.81. The summed E-state index contributed by atoms with van der Waals surface area (Å²) in [4.78, 5) is 21.5. The normalized spacial score (nSPS) is 10.7. The third-order valence-electron chi connectivity index (χ3n) is 3.31. The van der Waals surface area contributed by atoms with E-state index < -0.39 is 0 Å². The molecule has 0 aliphatic rings. The van der Waals surface area contributed by atoms with Gasteiger partial charge in [0.25, 0.3) is 5.91 Å². The van der Waals surface area contributed by atoms with E-state index in [2.05, 4.69) is 9.97 Å². The van der Waals surface area contributed by atoms with E-state index in [0.29, 0.717) is 6.54 Å². The smallest absolute Gasteiger partial charge is 0.254 e. The maximum atomic E-state index is 12.6. The number of amides is 1. The van der Waals surface area contributed by atoms with Crippen molar-refractivity contribution in [1.29, 1.82) is 0 Å². The molecule has 0 bridgehead atoms. The van der Waals surface area contributed by atoms with Gasteiger partial charge in [-0.05, 0) is 29.8 Å². The molecule has 4 heteroatoms. The number of nitrogens with one attached hydrogen (secondary N) is 1. The van der Waals surface area contributed by atoms with Crippen molar-refractivity contribution in [2.75, 3.05) is 7.05 Å². The number of hydrogen-bond donors (Lipinski definition) is 1. The average molecular weight is 265 g/mol. The van der Waals surface area contributed by atoms with Crippen molar-refractivity contribution in [3.8, 4) is 0 Å². The van der Waals surface area contributed by atoms with Crippen molar-refractivity contribution in [3.05, 3.63) is 66.1 Å². The predicted octanol–water partition coefficient (Wildman–Crippen LogP) is 2.84. The second-order valence-corrected chi connectivity index (χ2v) is 4.77. The molecule has 1 aromatic carbocycles. The number of aromatic amines is 1. The molecule has 2 heterocycles. The van der Waals surface area contributed by atoms with Crippen LogP contribution in [0.25, 0.3) is 10.9 Å². The highest BCUT2D eigenvalue weighted by Gasteiger charge is 2.15. The lowest BCUT2D eigenvalue weighted by molar-refractivity contribution is 0.0787. The van der Waals surface area contributed by atoms with E-state index in [1.165, 1.54) is 0 Å². The minimum atomic E-state index is 0.0130. The fourth-order valence-electron chi connectivity index (χ4n) is 2.31. The zero-order valence-corrected chi connectivity index (χ0v) is 11.2. The first-order chi connectivity index (χ1) is 9.75. The van der Waals surface area contributed by atoms with Crippen molar-refractivity contribution < 1.29 is 4.79 Å². The van der Waals surface area contributed by atoms with Crippen LogP contribution in [-0.4, -0.2) is 27.8 Å². The number of fused-ring (bicyclic) bond motifs is 1. The van der Waals surface area contributed by atoms with Crippen molar-refractivity contribution in [2.45, 2.75) is 6.54 Å². The molecular formula is C16H15N3O. The summed E-state index contributed by atoms with van der Waals surface area (Å²) in [6.45, 7) is 0.549. The van der Waals surface area contributed by atoms with Gasteiger partial charge < -0.3 is 9.88 Å². The highest BCUT2D eigenvalue weighted by atomic mass is 16.2. The lowest BCUT2D eigenvalue weighted by Gasteiger charge is -2.17. The first-order valence-electron chi connectivity index (χ1n) is 6.46. The molecule has 0 aliphatic carbocycles. The van der Waals surface area contributed by atoms with Crippen molar-refractivity contribution >= 4 is 16.8 Å². The largest absolute Gasteiger partial charge is 0.361 e. The van der Waals surface area contributed by atoms with Crippen molar-refractivity contribution in [3.63, 3.8) is 0 Å². The minimum Gasteiger partial charge on any atom is -0.361 e. The van der Waals surface area contributed by atoms with Gasteiger partial charge in [-0.3, -0.25) is 9.78 Å². The summed E-state index contributed by atoms with van der Waals surface area (Å²) in [5.74, 6) is 0.0130. The molecule has 0 spiro atoms. The van der Waals surface area contributed by atoms with Crippen LogP contribution in [-0.2, 0) is 6.54 Å². The quantitative estimate of drug-likeness (QED) is 0.791. The molecule has 100 valence electrons. The highest BCUT2D eigenvalue weighted by molar-refractivity contribution is 6.06. The standard InChI is InChI=1S/C16H15N3O/c1-19(11-12-4-3-8-17-10-12)16(20)14-5-2-6-15-13(14)7-9-18-15/h2-10,18H,11H2,1H3. The van der Waals surface area contributed by atoms with Gasteiger partial charge in [0.1, 0.15) is 0 Å². The molecule has 20 heavy (non-hydrogen) atoms. The second-order valence-electron chi connectivity index (χ2n) is 4.77. The van der Waals surface area contributed by atoms with Crippen LogP contribution in [0.1, 0.15) is 15.9 Å². The first kappa shape index (κ1) is 12.4. The third-order valence-corrected chi connectivity index (χ3v) is 3.31. The summed E-state index contributed by atoms with van der Waals surface area (Å²) < 4.78 is 0. The van der Waals surface area contributed by atoms with Gasteiger partial charge in [-0.25, -0.2) is 0 Å². The van der Waals surface area contributed by atoms with Crippen LogP contribution >= 0.6 is 0 Å². The maximum Gasteiger partial charge on any atom is 0.254 e. The van der Waals surface area contributed by atoms with Crippen LogP contribution in [0, 0.1) is 0 Å². The van der Waals surface area contributed by atoms with Crippen molar-refractivity contribution in [2.24, 2.45) is 0 Å². The second kappa shape index (κ2) is 5.17. The lowest BCUT2D eigenvalue weighted by Crippen LogP contribution is -2.26. The van der Waals surface area contributed by atoms with E-state index in [0.717, 1.165) is 22.0 Å². The summed E-state index contributed by atoms with van der Waals surface area (Å²) in [5, 5.41) is 0.954. The van der Waals surface area contributed by atoms with Gasteiger partial charge in [0.15, 0.2) is 0 Å². The van der Waals surface area contributed by atoms with Crippen LogP contribution in [0.2, 0.25) is 0 Å². The Hall–Kier alpha value is -2.62. The minimum absolute atomic E-state index is 0.0130. The number of pyridine rings is 1. The zero-order chi connectivity index (χ0) is 13.9. The molecule has 0 fully saturated rings. The number of aromatic nitrogens is 2.